The van der Waals surface area contributed by atoms with Crippen molar-refractivity contribution in [1.82, 2.24) is 0 Å². The molecule has 0 bridgehead atoms. The molecule has 4 rings (SSSR count). The van der Waals surface area contributed by atoms with E-state index in [4.69, 9.17) is 23.2 Å². The second-order valence-corrected chi connectivity index (χ2v) is 8.94. The summed E-state index contributed by atoms with van der Waals surface area (Å²) in [4.78, 5) is 0. The first-order valence-corrected chi connectivity index (χ1v) is 12.8. The van der Waals surface area contributed by atoms with E-state index in [0.29, 0.717) is 11.8 Å². The first-order valence-electron chi connectivity index (χ1n) is 11.7. The van der Waals surface area contributed by atoms with Crippen LogP contribution in [0.2, 0.25) is 0 Å². The fourth-order valence-electron chi connectivity index (χ4n) is 3.40. The van der Waals surface area contributed by atoms with Crippen LogP contribution in [0, 0.1) is 0 Å². The summed E-state index contributed by atoms with van der Waals surface area (Å²) >= 11 is 11.7. The van der Waals surface area contributed by atoms with Crippen LogP contribution in [0.15, 0.2) is 97.6 Å². The van der Waals surface area contributed by atoms with Crippen LogP contribution in [0.1, 0.15) is 22.3 Å². The van der Waals surface area contributed by atoms with Gasteiger partial charge in [0.2, 0.25) is 0 Å². The number of alkyl halides is 2. The fourth-order valence-corrected chi connectivity index (χ4v) is 3.76. The van der Waals surface area contributed by atoms with E-state index in [9.17, 15) is 34.5 Å². The molecular formula is C26H24B2Cl2F8N2. The topological polar surface area (TPSA) is 7.76 Å². The summed E-state index contributed by atoms with van der Waals surface area (Å²) in [5.41, 5.74) is 7.25. The normalized spacial score (nSPS) is 11.2. The minimum atomic E-state index is -6.00. The number of benzene rings is 2. The lowest BCUT2D eigenvalue weighted by Crippen LogP contribution is -2.33. The number of aromatic nitrogens is 2. The quantitative estimate of drug-likeness (QED) is 0.0867. The van der Waals surface area contributed by atoms with Gasteiger partial charge < -0.3 is 34.5 Å². The van der Waals surface area contributed by atoms with Gasteiger partial charge in [0.05, 0.1) is 0 Å². The largest absolute Gasteiger partial charge is 0.673 e. The zero-order valence-corrected chi connectivity index (χ0v) is 22.4. The molecule has 14 heteroatoms. The Morgan fingerprint density at radius 2 is 0.650 bits per heavy atom. The van der Waals surface area contributed by atoms with Crippen molar-refractivity contribution >= 4 is 37.7 Å². The Hall–Kier alpha value is -3.11. The molecular weight excluding hydrogens is 585 g/mol. The van der Waals surface area contributed by atoms with E-state index in [1.165, 1.54) is 22.3 Å². The van der Waals surface area contributed by atoms with Gasteiger partial charge in [-0.05, 0) is 22.3 Å². The van der Waals surface area contributed by atoms with Gasteiger partial charge in [0, 0.05) is 47.2 Å². The molecule has 0 atom stereocenters. The zero-order chi connectivity index (χ0) is 29.8. The van der Waals surface area contributed by atoms with Gasteiger partial charge in [0.15, 0.2) is 37.9 Å². The standard InChI is InChI=1S/C26H24Cl2N2.2BF4/c27-17-21-1-5-23(6-2-21)19-29-13-9-25(10-14-29)26-11-15-30(16-12-26)20-24-7-3-22(18-28)4-8-24;2*2-1(3,4)5/h1-16H,17-20H2;;/q+2;2*-1. The average Bonchev–Trinajstić information content (AvgIpc) is 2.89. The molecule has 2 aromatic heterocycles. The Bertz CT molecular complexity index is 1170. The van der Waals surface area contributed by atoms with Crippen LogP contribution in [0.5, 0.6) is 0 Å². The number of rotatable bonds is 7. The summed E-state index contributed by atoms with van der Waals surface area (Å²) in [5.74, 6) is 1.11. The Labute approximate surface area is 237 Å². The predicted molar refractivity (Wildman–Crippen MR) is 143 cm³/mol. The van der Waals surface area contributed by atoms with Crippen molar-refractivity contribution in [3.8, 4) is 11.1 Å². The zero-order valence-electron chi connectivity index (χ0n) is 20.9. The highest BCUT2D eigenvalue weighted by molar-refractivity contribution is 6.50. The van der Waals surface area contributed by atoms with Crippen molar-refractivity contribution in [2.75, 3.05) is 0 Å². The van der Waals surface area contributed by atoms with E-state index >= 15 is 0 Å². The Balaban J connectivity index is 0.000000482. The molecule has 0 unspecified atom stereocenters. The van der Waals surface area contributed by atoms with Gasteiger partial charge in [0.25, 0.3) is 0 Å². The molecule has 0 amide bonds. The average molecular weight is 609 g/mol. The van der Waals surface area contributed by atoms with Gasteiger partial charge in [-0.3, -0.25) is 0 Å². The summed E-state index contributed by atoms with van der Waals surface area (Å²) in [6.45, 7) is 1.69. The first-order chi connectivity index (χ1) is 18.7. The Morgan fingerprint density at radius 3 is 0.875 bits per heavy atom. The van der Waals surface area contributed by atoms with Crippen LogP contribution < -0.4 is 9.13 Å². The van der Waals surface area contributed by atoms with E-state index < -0.39 is 14.5 Å². The summed E-state index contributed by atoms with van der Waals surface area (Å²) in [6, 6.07) is 25.5. The molecule has 0 fully saturated rings. The maximum Gasteiger partial charge on any atom is 0.673 e. The molecule has 0 aliphatic rings. The highest BCUT2D eigenvalue weighted by Crippen LogP contribution is 2.16. The van der Waals surface area contributed by atoms with Crippen LogP contribution in [-0.2, 0) is 24.8 Å². The van der Waals surface area contributed by atoms with Gasteiger partial charge in [-0.25, -0.2) is 9.13 Å². The van der Waals surface area contributed by atoms with Crippen LogP contribution in [0.4, 0.5) is 34.5 Å². The summed E-state index contributed by atoms with van der Waals surface area (Å²) in [7, 11) is -12.0. The van der Waals surface area contributed by atoms with E-state index in [1.54, 1.807) is 0 Å². The van der Waals surface area contributed by atoms with Gasteiger partial charge in [-0.2, -0.15) is 0 Å². The Kier molecular flexibility index (Phi) is 12.9. The molecule has 2 heterocycles. The fraction of sp³-hybridized carbons (Fsp3) is 0.154. The minimum Gasteiger partial charge on any atom is -0.418 e. The molecule has 0 radical (unpaired) electrons. The summed E-state index contributed by atoms with van der Waals surface area (Å²) in [5, 5.41) is 0. The molecule has 2 nitrogen and oxygen atoms in total. The SMILES string of the molecule is ClCc1ccc(C[n+]2ccc(-c3cc[n+](Cc4ccc(CCl)cc4)cc3)cc2)cc1.F[B-](F)(F)F.F[B-](F)(F)F. The summed E-state index contributed by atoms with van der Waals surface area (Å²) < 4.78 is 82.4. The van der Waals surface area contributed by atoms with Gasteiger partial charge >= 0.3 is 14.5 Å². The lowest BCUT2D eigenvalue weighted by atomic mass is 10.1. The van der Waals surface area contributed by atoms with Crippen molar-refractivity contribution in [2.45, 2.75) is 24.8 Å². The van der Waals surface area contributed by atoms with Crippen molar-refractivity contribution in [2.24, 2.45) is 0 Å². The first kappa shape index (κ1) is 33.1. The predicted octanol–water partition coefficient (Wildman–Crippen LogP) is 8.10. The highest BCUT2D eigenvalue weighted by Gasteiger charge is 2.21. The molecule has 2 aromatic carbocycles. The number of halogens is 10. The van der Waals surface area contributed by atoms with Crippen LogP contribution in [0.25, 0.3) is 11.1 Å². The summed E-state index contributed by atoms with van der Waals surface area (Å²) in [6.07, 6.45) is 8.52. The third-order valence-electron chi connectivity index (χ3n) is 5.20. The number of hydrogen-bond donors (Lipinski definition) is 0. The van der Waals surface area contributed by atoms with Crippen molar-refractivity contribution in [3.63, 3.8) is 0 Å². The molecule has 0 saturated heterocycles. The van der Waals surface area contributed by atoms with Crippen molar-refractivity contribution in [1.29, 1.82) is 0 Å². The molecule has 0 saturated carbocycles. The number of pyridine rings is 2. The molecule has 4 aromatic rings. The lowest BCUT2D eigenvalue weighted by molar-refractivity contribution is -0.688. The van der Waals surface area contributed by atoms with Gasteiger partial charge in [-0.1, -0.05) is 48.5 Å². The molecule has 0 spiro atoms. The van der Waals surface area contributed by atoms with E-state index in [1.807, 2.05) is 0 Å². The van der Waals surface area contributed by atoms with E-state index in [0.717, 1.165) is 24.2 Å². The van der Waals surface area contributed by atoms with Crippen LogP contribution >= 0.6 is 23.2 Å². The third-order valence-corrected chi connectivity index (χ3v) is 5.82. The van der Waals surface area contributed by atoms with E-state index in [2.05, 4.69) is 107 Å². The maximum absolute atomic E-state index is 9.75. The van der Waals surface area contributed by atoms with E-state index in [-0.39, 0.29) is 0 Å². The second kappa shape index (κ2) is 15.6. The molecule has 40 heavy (non-hydrogen) atoms. The molecule has 0 N–H and O–H groups in total. The smallest absolute Gasteiger partial charge is 0.418 e. The van der Waals surface area contributed by atoms with Crippen LogP contribution in [-0.4, -0.2) is 14.5 Å². The lowest BCUT2D eigenvalue weighted by Gasteiger charge is -2.03. The molecule has 0 aliphatic heterocycles. The molecule has 0 aliphatic carbocycles. The Morgan fingerprint density at radius 1 is 0.425 bits per heavy atom. The van der Waals surface area contributed by atoms with Crippen molar-refractivity contribution < 1.29 is 43.7 Å². The van der Waals surface area contributed by atoms with Gasteiger partial charge in [0.1, 0.15) is 0 Å². The monoisotopic (exact) mass is 608 g/mol. The minimum absolute atomic E-state index is 0.555. The molecule has 214 valence electrons. The highest BCUT2D eigenvalue weighted by atomic mass is 35.5. The van der Waals surface area contributed by atoms with Gasteiger partial charge in [-0.15, -0.1) is 23.2 Å². The maximum atomic E-state index is 9.75. The second-order valence-electron chi connectivity index (χ2n) is 8.41. The van der Waals surface area contributed by atoms with Crippen molar-refractivity contribution in [3.05, 3.63) is 120 Å². The number of nitrogens with zero attached hydrogens (tertiary/aromatic N) is 2. The number of hydrogen-bond acceptors (Lipinski definition) is 0. The third kappa shape index (κ3) is 14.3. The van der Waals surface area contributed by atoms with Crippen LogP contribution in [0.3, 0.4) is 0 Å².